The molecule has 2 aliphatic rings. The van der Waals surface area contributed by atoms with Crippen molar-refractivity contribution in [2.45, 2.75) is 18.6 Å². The fourth-order valence-electron chi connectivity index (χ4n) is 3.37. The van der Waals surface area contributed by atoms with E-state index in [2.05, 4.69) is 15.2 Å². The van der Waals surface area contributed by atoms with E-state index in [1.54, 1.807) is 18.3 Å². The molecule has 2 fully saturated rings. The second-order valence-electron chi connectivity index (χ2n) is 6.58. The van der Waals surface area contributed by atoms with E-state index >= 15 is 0 Å². The summed E-state index contributed by atoms with van der Waals surface area (Å²) >= 11 is 0. The number of carbonyl (C=O) groups excluding carboxylic acids is 1. The second-order valence-corrected chi connectivity index (χ2v) is 6.58. The molecular formula is C19H19F2N3O3. The lowest BCUT2D eigenvalue weighted by molar-refractivity contribution is -0.169. The van der Waals surface area contributed by atoms with E-state index < -0.39 is 23.3 Å². The minimum Gasteiger partial charge on any atom is -0.356 e. The van der Waals surface area contributed by atoms with Gasteiger partial charge in [-0.25, -0.2) is 13.8 Å². The number of nitrogens with one attached hydrogen (secondary N) is 1. The molecular weight excluding hydrogens is 356 g/mol. The van der Waals surface area contributed by atoms with Gasteiger partial charge in [0.1, 0.15) is 5.82 Å². The van der Waals surface area contributed by atoms with Crippen LogP contribution in [0.4, 0.5) is 20.3 Å². The Morgan fingerprint density at radius 1 is 1.07 bits per heavy atom. The lowest BCUT2D eigenvalue weighted by Crippen LogP contribution is -2.45. The van der Waals surface area contributed by atoms with E-state index in [1.807, 2.05) is 0 Å². The van der Waals surface area contributed by atoms with Gasteiger partial charge >= 0.3 is 0 Å². The van der Waals surface area contributed by atoms with Crippen LogP contribution in [-0.2, 0) is 9.47 Å². The molecule has 2 saturated heterocycles. The molecule has 1 amide bonds. The van der Waals surface area contributed by atoms with E-state index in [0.29, 0.717) is 37.7 Å². The normalized spacial score (nSPS) is 18.7. The SMILES string of the molecule is O=C(Nc1ccc(F)c(F)c1)c1ccnc(N2CCC3(CC2)OCCO3)c1. The Morgan fingerprint density at radius 3 is 2.52 bits per heavy atom. The quantitative estimate of drug-likeness (QED) is 0.894. The molecule has 3 heterocycles. The van der Waals surface area contributed by atoms with Crippen molar-refractivity contribution in [1.82, 2.24) is 4.98 Å². The molecule has 1 spiro atoms. The van der Waals surface area contributed by atoms with Crippen LogP contribution in [0.1, 0.15) is 23.2 Å². The number of nitrogens with zero attached hydrogens (tertiary/aromatic N) is 2. The fourth-order valence-corrected chi connectivity index (χ4v) is 3.37. The Morgan fingerprint density at radius 2 is 1.81 bits per heavy atom. The molecule has 0 saturated carbocycles. The third-order valence-electron chi connectivity index (χ3n) is 4.85. The Hall–Kier alpha value is -2.58. The zero-order valence-corrected chi connectivity index (χ0v) is 14.6. The van der Waals surface area contributed by atoms with Gasteiger partial charge in [0.25, 0.3) is 5.91 Å². The highest BCUT2D eigenvalue weighted by Gasteiger charge is 2.40. The van der Waals surface area contributed by atoms with Crippen LogP contribution in [0.15, 0.2) is 36.5 Å². The largest absolute Gasteiger partial charge is 0.356 e. The van der Waals surface area contributed by atoms with E-state index in [4.69, 9.17) is 9.47 Å². The molecule has 0 bridgehead atoms. The van der Waals surface area contributed by atoms with E-state index in [0.717, 1.165) is 25.0 Å². The smallest absolute Gasteiger partial charge is 0.255 e. The minimum atomic E-state index is -1.01. The highest BCUT2D eigenvalue weighted by Crippen LogP contribution is 2.32. The van der Waals surface area contributed by atoms with Crippen molar-refractivity contribution in [3.8, 4) is 0 Å². The zero-order chi connectivity index (χ0) is 18.9. The predicted octanol–water partition coefficient (Wildman–Crippen LogP) is 2.96. The van der Waals surface area contributed by atoms with Crippen LogP contribution in [0, 0.1) is 11.6 Å². The van der Waals surface area contributed by atoms with Crippen LogP contribution >= 0.6 is 0 Å². The van der Waals surface area contributed by atoms with Crippen molar-refractivity contribution >= 4 is 17.4 Å². The molecule has 0 atom stereocenters. The van der Waals surface area contributed by atoms with E-state index in [1.165, 1.54) is 6.07 Å². The summed E-state index contributed by atoms with van der Waals surface area (Å²) in [5.74, 6) is -2.18. The van der Waals surface area contributed by atoms with E-state index in [9.17, 15) is 13.6 Å². The predicted molar refractivity (Wildman–Crippen MR) is 94.6 cm³/mol. The molecule has 0 unspecified atom stereocenters. The maximum absolute atomic E-state index is 13.3. The number of anilines is 2. The average molecular weight is 375 g/mol. The first kappa shape index (κ1) is 17.8. The third-order valence-corrected chi connectivity index (χ3v) is 4.85. The monoisotopic (exact) mass is 375 g/mol. The van der Waals surface area contributed by atoms with Crippen LogP contribution in [0.5, 0.6) is 0 Å². The number of rotatable bonds is 3. The molecule has 0 radical (unpaired) electrons. The van der Waals surface area contributed by atoms with Crippen LogP contribution in [0.2, 0.25) is 0 Å². The first-order valence-corrected chi connectivity index (χ1v) is 8.80. The molecule has 2 aromatic rings. The van der Waals surface area contributed by atoms with Gasteiger partial charge in [0, 0.05) is 49.4 Å². The third kappa shape index (κ3) is 3.77. The summed E-state index contributed by atoms with van der Waals surface area (Å²) in [6, 6.07) is 6.49. The number of amides is 1. The average Bonchev–Trinajstić information content (AvgIpc) is 3.13. The van der Waals surface area contributed by atoms with Gasteiger partial charge in [0.05, 0.1) is 13.2 Å². The topological polar surface area (TPSA) is 63.7 Å². The van der Waals surface area contributed by atoms with Crippen LogP contribution in [0.3, 0.4) is 0 Å². The van der Waals surface area contributed by atoms with Gasteiger partial charge in [-0.2, -0.15) is 0 Å². The standard InChI is InChI=1S/C19H19F2N3O3/c20-15-2-1-14(12-16(15)21)23-18(25)13-3-6-22-17(11-13)24-7-4-19(5-8-24)26-9-10-27-19/h1-3,6,11-12H,4-5,7-10H2,(H,23,25). The van der Waals surface area contributed by atoms with Crippen LogP contribution < -0.4 is 10.2 Å². The lowest BCUT2D eigenvalue weighted by Gasteiger charge is -2.38. The van der Waals surface area contributed by atoms with Crippen molar-refractivity contribution < 1.29 is 23.0 Å². The van der Waals surface area contributed by atoms with Crippen LogP contribution in [0.25, 0.3) is 0 Å². The van der Waals surface area contributed by atoms with Gasteiger partial charge in [-0.1, -0.05) is 0 Å². The highest BCUT2D eigenvalue weighted by atomic mass is 19.2. The van der Waals surface area contributed by atoms with Crippen LogP contribution in [-0.4, -0.2) is 43.0 Å². The Labute approximate surface area is 155 Å². The van der Waals surface area contributed by atoms with Gasteiger partial charge < -0.3 is 19.7 Å². The van der Waals surface area contributed by atoms with Gasteiger partial charge in [0.15, 0.2) is 17.4 Å². The molecule has 0 aliphatic carbocycles. The number of piperidine rings is 1. The van der Waals surface area contributed by atoms with Crippen molar-refractivity contribution in [2.75, 3.05) is 36.5 Å². The molecule has 4 rings (SSSR count). The summed E-state index contributed by atoms with van der Waals surface area (Å²) in [6.07, 6.45) is 3.03. The van der Waals surface area contributed by atoms with E-state index in [-0.39, 0.29) is 5.69 Å². The summed E-state index contributed by atoms with van der Waals surface area (Å²) < 4.78 is 37.8. The fraction of sp³-hybridized carbons (Fsp3) is 0.368. The number of aromatic nitrogens is 1. The lowest BCUT2D eigenvalue weighted by atomic mass is 10.0. The summed E-state index contributed by atoms with van der Waals surface area (Å²) in [5.41, 5.74) is 0.575. The first-order valence-electron chi connectivity index (χ1n) is 8.80. The molecule has 2 aliphatic heterocycles. The van der Waals surface area contributed by atoms with Gasteiger partial charge in [0.2, 0.25) is 0 Å². The molecule has 1 N–H and O–H groups in total. The summed E-state index contributed by atoms with van der Waals surface area (Å²) in [7, 11) is 0. The maximum Gasteiger partial charge on any atom is 0.255 e. The van der Waals surface area contributed by atoms with Gasteiger partial charge in [-0.05, 0) is 24.3 Å². The van der Waals surface area contributed by atoms with Crippen molar-refractivity contribution in [2.24, 2.45) is 0 Å². The minimum absolute atomic E-state index is 0.188. The Balaban J connectivity index is 1.44. The van der Waals surface area contributed by atoms with Crippen molar-refractivity contribution in [3.63, 3.8) is 0 Å². The number of benzene rings is 1. The number of ether oxygens (including phenoxy) is 2. The second kappa shape index (κ2) is 7.21. The summed E-state index contributed by atoms with van der Waals surface area (Å²) in [5, 5.41) is 2.56. The molecule has 27 heavy (non-hydrogen) atoms. The molecule has 1 aromatic carbocycles. The van der Waals surface area contributed by atoms with Gasteiger partial charge in [-0.3, -0.25) is 4.79 Å². The first-order chi connectivity index (χ1) is 13.0. The molecule has 6 nitrogen and oxygen atoms in total. The number of hydrogen-bond acceptors (Lipinski definition) is 5. The van der Waals surface area contributed by atoms with Crippen molar-refractivity contribution in [3.05, 3.63) is 53.7 Å². The number of pyridine rings is 1. The summed E-state index contributed by atoms with van der Waals surface area (Å²) in [4.78, 5) is 18.9. The number of hydrogen-bond donors (Lipinski definition) is 1. The maximum atomic E-state index is 13.3. The Kier molecular flexibility index (Phi) is 4.75. The highest BCUT2D eigenvalue weighted by molar-refractivity contribution is 6.04. The summed E-state index contributed by atoms with van der Waals surface area (Å²) in [6.45, 7) is 2.66. The molecule has 8 heteroatoms. The number of halogens is 2. The Bertz CT molecular complexity index is 846. The zero-order valence-electron chi connectivity index (χ0n) is 14.6. The van der Waals surface area contributed by atoms with Gasteiger partial charge in [-0.15, -0.1) is 0 Å². The molecule has 142 valence electrons. The molecule has 1 aromatic heterocycles. The van der Waals surface area contributed by atoms with Crippen molar-refractivity contribution in [1.29, 1.82) is 0 Å². The number of carbonyl (C=O) groups is 1.